The Morgan fingerprint density at radius 2 is 1.82 bits per heavy atom. The SMILES string of the molecule is O=C1C(=O)N(CCCn2ccnc2)[C@H](c2ccc(F)cc2)/C1=C(\O)c1ccc2c(c1)OCCO2. The highest BCUT2D eigenvalue weighted by Gasteiger charge is 2.45. The fourth-order valence-electron chi connectivity index (χ4n) is 4.29. The number of ether oxygens (including phenoxy) is 2. The molecule has 5 rings (SSSR count). The molecule has 1 aromatic heterocycles. The van der Waals surface area contributed by atoms with Crippen LogP contribution in [-0.4, -0.2) is 51.0 Å². The summed E-state index contributed by atoms with van der Waals surface area (Å²) in [4.78, 5) is 31.6. The van der Waals surface area contributed by atoms with E-state index in [1.807, 2.05) is 10.8 Å². The van der Waals surface area contributed by atoms with Gasteiger partial charge < -0.3 is 24.0 Å². The van der Waals surface area contributed by atoms with Crippen LogP contribution in [0.4, 0.5) is 4.39 Å². The summed E-state index contributed by atoms with van der Waals surface area (Å²) >= 11 is 0. The van der Waals surface area contributed by atoms with Gasteiger partial charge in [0.1, 0.15) is 24.8 Å². The number of carbonyl (C=O) groups is 2. The minimum absolute atomic E-state index is 0.0454. The highest BCUT2D eigenvalue weighted by Crippen LogP contribution is 2.41. The normalized spacial score (nSPS) is 19.0. The van der Waals surface area contributed by atoms with Gasteiger partial charge in [0.15, 0.2) is 11.5 Å². The van der Waals surface area contributed by atoms with Crippen LogP contribution in [0.1, 0.15) is 23.6 Å². The van der Waals surface area contributed by atoms with Crippen LogP contribution >= 0.6 is 0 Å². The number of amides is 1. The molecule has 3 aromatic rings. The van der Waals surface area contributed by atoms with Crippen LogP contribution in [-0.2, 0) is 16.1 Å². The maximum Gasteiger partial charge on any atom is 0.295 e. The molecule has 1 atom stereocenters. The summed E-state index contributed by atoms with van der Waals surface area (Å²) < 4.78 is 26.6. The molecule has 1 fully saturated rings. The first-order valence-corrected chi connectivity index (χ1v) is 10.9. The predicted molar refractivity (Wildman–Crippen MR) is 120 cm³/mol. The molecule has 2 aliphatic heterocycles. The van der Waals surface area contributed by atoms with Gasteiger partial charge >= 0.3 is 0 Å². The second-order valence-corrected chi connectivity index (χ2v) is 8.06. The Morgan fingerprint density at radius 1 is 1.06 bits per heavy atom. The number of carbonyl (C=O) groups excluding carboxylic acids is 2. The molecule has 9 heteroatoms. The van der Waals surface area contributed by atoms with Crippen molar-refractivity contribution in [1.82, 2.24) is 14.5 Å². The highest BCUT2D eigenvalue weighted by molar-refractivity contribution is 6.46. The minimum Gasteiger partial charge on any atom is -0.507 e. The highest BCUT2D eigenvalue weighted by atomic mass is 19.1. The molecule has 1 N–H and O–H groups in total. The van der Waals surface area contributed by atoms with Gasteiger partial charge in [0.25, 0.3) is 11.7 Å². The summed E-state index contributed by atoms with van der Waals surface area (Å²) in [6.45, 7) is 1.66. The number of Topliss-reactive ketones (excluding diaryl/α,β-unsaturated/α-hetero) is 1. The molecule has 0 aliphatic carbocycles. The van der Waals surface area contributed by atoms with Crippen molar-refractivity contribution < 1.29 is 28.6 Å². The largest absolute Gasteiger partial charge is 0.507 e. The number of hydrogen-bond donors (Lipinski definition) is 1. The lowest BCUT2D eigenvalue weighted by atomic mass is 9.95. The fourth-order valence-corrected chi connectivity index (χ4v) is 4.29. The number of aliphatic hydroxyl groups excluding tert-OH is 1. The molecule has 34 heavy (non-hydrogen) atoms. The fraction of sp³-hybridized carbons (Fsp3) is 0.240. The van der Waals surface area contributed by atoms with Crippen LogP contribution in [0.25, 0.3) is 5.76 Å². The molecule has 0 radical (unpaired) electrons. The van der Waals surface area contributed by atoms with Gasteiger partial charge in [-0.25, -0.2) is 9.37 Å². The van der Waals surface area contributed by atoms with Crippen LogP contribution in [0.2, 0.25) is 0 Å². The van der Waals surface area contributed by atoms with Crippen LogP contribution in [0, 0.1) is 5.82 Å². The lowest BCUT2D eigenvalue weighted by Crippen LogP contribution is -2.31. The molecule has 2 aromatic carbocycles. The Balaban J connectivity index is 1.53. The summed E-state index contributed by atoms with van der Waals surface area (Å²) in [6, 6.07) is 9.57. The van der Waals surface area contributed by atoms with E-state index in [0.717, 1.165) is 0 Å². The van der Waals surface area contributed by atoms with E-state index < -0.39 is 23.5 Å². The van der Waals surface area contributed by atoms with Gasteiger partial charge in [-0.2, -0.15) is 0 Å². The summed E-state index contributed by atoms with van der Waals surface area (Å²) in [7, 11) is 0. The molecular weight excluding hydrogens is 441 g/mol. The van der Waals surface area contributed by atoms with E-state index in [-0.39, 0.29) is 17.9 Å². The second-order valence-electron chi connectivity index (χ2n) is 8.06. The number of aliphatic hydroxyl groups is 1. The van der Waals surface area contributed by atoms with Gasteiger partial charge in [-0.05, 0) is 42.3 Å². The Bertz CT molecular complexity index is 1250. The Labute approximate surface area is 194 Å². The zero-order valence-electron chi connectivity index (χ0n) is 18.2. The van der Waals surface area contributed by atoms with Crippen molar-refractivity contribution in [3.63, 3.8) is 0 Å². The number of benzene rings is 2. The third-order valence-electron chi connectivity index (χ3n) is 5.92. The van der Waals surface area contributed by atoms with Crippen molar-refractivity contribution in [2.75, 3.05) is 19.8 Å². The molecule has 8 nitrogen and oxygen atoms in total. The molecule has 0 unspecified atom stereocenters. The van der Waals surface area contributed by atoms with Crippen molar-refractivity contribution in [2.24, 2.45) is 0 Å². The summed E-state index contributed by atoms with van der Waals surface area (Å²) in [5, 5.41) is 11.2. The van der Waals surface area contributed by atoms with Gasteiger partial charge in [-0.1, -0.05) is 12.1 Å². The second kappa shape index (κ2) is 9.01. The van der Waals surface area contributed by atoms with Gasteiger partial charge in [-0.3, -0.25) is 9.59 Å². The number of nitrogens with zero attached hydrogens (tertiary/aromatic N) is 3. The van der Waals surface area contributed by atoms with Crippen LogP contribution < -0.4 is 9.47 Å². The van der Waals surface area contributed by atoms with E-state index in [4.69, 9.17) is 9.47 Å². The Kier molecular flexibility index (Phi) is 5.75. The molecule has 1 saturated heterocycles. The Hall–Kier alpha value is -4.14. The topological polar surface area (TPSA) is 93.9 Å². The number of aromatic nitrogens is 2. The molecule has 3 heterocycles. The molecule has 2 aliphatic rings. The standard InChI is InChI=1S/C25H22FN3O5/c26-18-5-2-16(3-6-18)22-21(23(30)17-4-7-19-20(14-17)34-13-12-33-19)24(31)25(32)29(22)10-1-9-28-11-8-27-15-28/h2-8,11,14-15,22,30H,1,9-10,12-13H2/b23-21+/t22-/m1/s1. The van der Waals surface area contributed by atoms with Gasteiger partial charge in [0.05, 0.1) is 17.9 Å². The summed E-state index contributed by atoms with van der Waals surface area (Å²) in [5.74, 6) is -1.26. The summed E-state index contributed by atoms with van der Waals surface area (Å²) in [6.07, 6.45) is 5.71. The lowest BCUT2D eigenvalue weighted by Gasteiger charge is -2.25. The molecule has 174 valence electrons. The predicted octanol–water partition coefficient (Wildman–Crippen LogP) is 3.31. The van der Waals surface area contributed by atoms with E-state index in [2.05, 4.69) is 4.98 Å². The van der Waals surface area contributed by atoms with Crippen molar-refractivity contribution in [3.8, 4) is 11.5 Å². The van der Waals surface area contributed by atoms with Crippen molar-refractivity contribution in [1.29, 1.82) is 0 Å². The third-order valence-corrected chi connectivity index (χ3v) is 5.92. The quantitative estimate of drug-likeness (QED) is 0.343. The van der Waals surface area contributed by atoms with Gasteiger partial charge in [-0.15, -0.1) is 0 Å². The van der Waals surface area contributed by atoms with E-state index in [0.29, 0.717) is 48.8 Å². The smallest absolute Gasteiger partial charge is 0.295 e. The van der Waals surface area contributed by atoms with Gasteiger partial charge in [0.2, 0.25) is 0 Å². The molecule has 0 bridgehead atoms. The monoisotopic (exact) mass is 463 g/mol. The van der Waals surface area contributed by atoms with Crippen LogP contribution in [0.15, 0.2) is 66.8 Å². The lowest BCUT2D eigenvalue weighted by molar-refractivity contribution is -0.139. The number of aryl methyl sites for hydroxylation is 1. The number of likely N-dealkylation sites (tertiary alicyclic amines) is 1. The first-order chi connectivity index (χ1) is 16.5. The van der Waals surface area contributed by atoms with Gasteiger partial charge in [0, 0.05) is 31.0 Å². The molecule has 1 amide bonds. The zero-order chi connectivity index (χ0) is 23.7. The van der Waals surface area contributed by atoms with Crippen LogP contribution in [0.5, 0.6) is 11.5 Å². The van der Waals surface area contributed by atoms with Crippen molar-refractivity contribution in [2.45, 2.75) is 19.0 Å². The third kappa shape index (κ3) is 4.00. The zero-order valence-corrected chi connectivity index (χ0v) is 18.2. The minimum atomic E-state index is -0.850. The van der Waals surface area contributed by atoms with E-state index in [1.165, 1.54) is 29.2 Å². The number of hydrogen-bond acceptors (Lipinski definition) is 6. The average molecular weight is 463 g/mol. The van der Waals surface area contributed by atoms with Crippen molar-refractivity contribution in [3.05, 3.63) is 83.7 Å². The Morgan fingerprint density at radius 3 is 2.56 bits per heavy atom. The van der Waals surface area contributed by atoms with E-state index in [9.17, 15) is 19.1 Å². The molecular formula is C25H22FN3O5. The number of ketones is 1. The average Bonchev–Trinajstić information content (AvgIpc) is 3.46. The van der Waals surface area contributed by atoms with E-state index in [1.54, 1.807) is 30.7 Å². The van der Waals surface area contributed by atoms with Crippen LogP contribution in [0.3, 0.4) is 0 Å². The first kappa shape index (κ1) is 21.7. The number of halogens is 1. The van der Waals surface area contributed by atoms with Crippen molar-refractivity contribution >= 4 is 17.4 Å². The number of rotatable bonds is 6. The maximum absolute atomic E-state index is 13.6. The van der Waals surface area contributed by atoms with E-state index >= 15 is 0 Å². The maximum atomic E-state index is 13.6. The molecule has 0 spiro atoms. The summed E-state index contributed by atoms with van der Waals surface area (Å²) in [5.41, 5.74) is 0.811. The first-order valence-electron chi connectivity index (χ1n) is 10.9. The number of fused-ring (bicyclic) bond motifs is 1. The number of imidazole rings is 1. The molecule has 0 saturated carbocycles.